The molecule has 0 bridgehead atoms. The zero-order chi connectivity index (χ0) is 19.3. The number of hydrogen-bond donors (Lipinski definition) is 2. The Bertz CT molecular complexity index is 825. The summed E-state index contributed by atoms with van der Waals surface area (Å²) in [6.45, 7) is -0.377. The number of carbonyl (C=O) groups excluding carboxylic acids is 2. The number of nitrogens with zero attached hydrogens (tertiary/aromatic N) is 1. The van der Waals surface area contributed by atoms with Crippen LogP contribution in [0.25, 0.3) is 0 Å². The molecule has 6 nitrogen and oxygen atoms in total. The van der Waals surface area contributed by atoms with Crippen LogP contribution in [0.3, 0.4) is 0 Å². The first-order valence-electron chi connectivity index (χ1n) is 7.19. The highest BCUT2D eigenvalue weighted by atomic mass is 19.4. The molecular weight excluding hydrogens is 358 g/mol. The molecule has 0 saturated carbocycles. The first kappa shape index (κ1) is 19.2. The summed E-state index contributed by atoms with van der Waals surface area (Å²) in [7, 11) is 0. The van der Waals surface area contributed by atoms with Gasteiger partial charge in [0, 0.05) is 18.8 Å². The van der Waals surface area contributed by atoms with Crippen LogP contribution in [0.2, 0.25) is 0 Å². The quantitative estimate of drug-likeness (QED) is 0.790. The lowest BCUT2D eigenvalue weighted by Gasteiger charge is -2.13. The number of nitrogens with one attached hydrogen (secondary N) is 2. The van der Waals surface area contributed by atoms with E-state index in [1.165, 1.54) is 31.2 Å². The van der Waals surface area contributed by atoms with Gasteiger partial charge in [-0.1, -0.05) is 0 Å². The molecule has 10 heteroatoms. The summed E-state index contributed by atoms with van der Waals surface area (Å²) in [6, 6.07) is 5.98. The van der Waals surface area contributed by atoms with Crippen LogP contribution >= 0.6 is 0 Å². The molecule has 0 atom stereocenters. The van der Waals surface area contributed by atoms with Crippen LogP contribution in [0.1, 0.15) is 17.3 Å². The molecule has 1 aromatic carbocycles. The van der Waals surface area contributed by atoms with Crippen molar-refractivity contribution in [2.45, 2.75) is 13.1 Å². The first-order valence-corrected chi connectivity index (χ1v) is 7.19. The van der Waals surface area contributed by atoms with E-state index in [0.717, 1.165) is 12.3 Å². The Morgan fingerprint density at radius 3 is 2.58 bits per heavy atom. The molecule has 26 heavy (non-hydrogen) atoms. The van der Waals surface area contributed by atoms with Gasteiger partial charge in [0.15, 0.2) is 6.61 Å². The van der Waals surface area contributed by atoms with Crippen molar-refractivity contribution < 1.29 is 31.9 Å². The largest absolute Gasteiger partial charge is 0.467 e. The summed E-state index contributed by atoms with van der Waals surface area (Å²) in [6.07, 6.45) is -3.45. The summed E-state index contributed by atoms with van der Waals surface area (Å²) in [4.78, 5) is 26.9. The minimum atomic E-state index is -4.61. The second-order valence-electron chi connectivity index (χ2n) is 5.09. The first-order chi connectivity index (χ1) is 12.2. The second kappa shape index (κ2) is 7.81. The Hall–Kier alpha value is -3.17. The number of benzene rings is 1. The number of rotatable bonds is 5. The fourth-order valence-corrected chi connectivity index (χ4v) is 1.92. The topological polar surface area (TPSA) is 80.3 Å². The van der Waals surface area contributed by atoms with Crippen molar-refractivity contribution in [1.82, 2.24) is 4.98 Å². The van der Waals surface area contributed by atoms with Gasteiger partial charge in [0.05, 0.1) is 5.69 Å². The van der Waals surface area contributed by atoms with Crippen molar-refractivity contribution in [3.8, 4) is 5.88 Å². The summed E-state index contributed by atoms with van der Waals surface area (Å²) >= 11 is 0. The van der Waals surface area contributed by atoms with E-state index in [-0.39, 0.29) is 16.9 Å². The van der Waals surface area contributed by atoms with Gasteiger partial charge in [-0.3, -0.25) is 9.59 Å². The third-order valence-electron chi connectivity index (χ3n) is 2.92. The average molecular weight is 371 g/mol. The van der Waals surface area contributed by atoms with Crippen LogP contribution in [-0.4, -0.2) is 29.6 Å². The van der Waals surface area contributed by atoms with Crippen molar-refractivity contribution in [2.24, 2.45) is 0 Å². The molecule has 0 aliphatic rings. The van der Waals surface area contributed by atoms with Gasteiger partial charge in [0.25, 0.3) is 5.91 Å². The molecular formula is C16H13F4N3O3. The van der Waals surface area contributed by atoms with E-state index in [1.54, 1.807) is 0 Å². The van der Waals surface area contributed by atoms with Gasteiger partial charge in [-0.25, -0.2) is 9.37 Å². The summed E-state index contributed by atoms with van der Waals surface area (Å²) < 4.78 is 55.2. The lowest BCUT2D eigenvalue weighted by molar-refractivity contribution is -0.154. The molecule has 0 spiro atoms. The third kappa shape index (κ3) is 5.43. The Labute approximate surface area is 145 Å². The van der Waals surface area contributed by atoms with Gasteiger partial charge >= 0.3 is 6.18 Å². The Morgan fingerprint density at radius 1 is 1.19 bits per heavy atom. The number of ether oxygens (including phenoxy) is 1. The minimum Gasteiger partial charge on any atom is -0.467 e. The monoisotopic (exact) mass is 371 g/mol. The Kier molecular flexibility index (Phi) is 5.75. The molecule has 2 N–H and O–H groups in total. The zero-order valence-electron chi connectivity index (χ0n) is 13.4. The van der Waals surface area contributed by atoms with Gasteiger partial charge < -0.3 is 15.4 Å². The van der Waals surface area contributed by atoms with E-state index in [4.69, 9.17) is 0 Å². The highest BCUT2D eigenvalue weighted by Crippen LogP contribution is 2.23. The van der Waals surface area contributed by atoms with Crippen LogP contribution in [-0.2, 0) is 4.79 Å². The number of hydrogen-bond acceptors (Lipinski definition) is 4. The lowest BCUT2D eigenvalue weighted by atomic mass is 10.2. The average Bonchev–Trinajstić information content (AvgIpc) is 2.55. The highest BCUT2D eigenvalue weighted by molar-refractivity contribution is 6.06. The van der Waals surface area contributed by atoms with Crippen LogP contribution in [0.15, 0.2) is 36.5 Å². The maximum atomic E-state index is 13.9. The van der Waals surface area contributed by atoms with Crippen LogP contribution in [0.4, 0.5) is 28.9 Å². The Morgan fingerprint density at radius 2 is 1.92 bits per heavy atom. The molecule has 138 valence electrons. The minimum absolute atomic E-state index is 0.230. The molecule has 0 radical (unpaired) electrons. The summed E-state index contributed by atoms with van der Waals surface area (Å²) in [5, 5.41) is 4.63. The smallest absolute Gasteiger partial charge is 0.422 e. The van der Waals surface area contributed by atoms with Crippen molar-refractivity contribution in [2.75, 3.05) is 17.2 Å². The molecule has 1 heterocycles. The van der Waals surface area contributed by atoms with Crippen LogP contribution < -0.4 is 15.4 Å². The number of halogens is 4. The van der Waals surface area contributed by atoms with E-state index < -0.39 is 36.3 Å². The third-order valence-corrected chi connectivity index (χ3v) is 2.92. The van der Waals surface area contributed by atoms with Gasteiger partial charge in [0.2, 0.25) is 11.8 Å². The van der Waals surface area contributed by atoms with Gasteiger partial charge in [-0.2, -0.15) is 13.2 Å². The van der Waals surface area contributed by atoms with E-state index in [0.29, 0.717) is 0 Å². The van der Waals surface area contributed by atoms with Gasteiger partial charge in [0.1, 0.15) is 11.4 Å². The standard InChI is InChI=1S/C16H13F4N3O3/c1-9(24)22-10-4-5-12(17)13(7-10)23-14(25)11-3-2-6-21-15(11)26-8-16(18,19)20/h2-7H,8H2,1H3,(H,22,24)(H,23,25). The lowest BCUT2D eigenvalue weighted by Crippen LogP contribution is -2.22. The van der Waals surface area contributed by atoms with Gasteiger partial charge in [-0.05, 0) is 30.3 Å². The molecule has 2 amide bonds. The van der Waals surface area contributed by atoms with Gasteiger partial charge in [-0.15, -0.1) is 0 Å². The van der Waals surface area contributed by atoms with Crippen molar-refractivity contribution in [3.63, 3.8) is 0 Å². The SMILES string of the molecule is CC(=O)Nc1ccc(F)c(NC(=O)c2cccnc2OCC(F)(F)F)c1. The molecule has 0 saturated heterocycles. The molecule has 0 unspecified atom stereocenters. The second-order valence-corrected chi connectivity index (χ2v) is 5.09. The number of pyridine rings is 1. The molecule has 0 fully saturated rings. The number of anilines is 2. The summed E-state index contributed by atoms with van der Waals surface area (Å²) in [5.41, 5.74) is -0.345. The molecule has 0 aliphatic carbocycles. The van der Waals surface area contributed by atoms with E-state index >= 15 is 0 Å². The fourth-order valence-electron chi connectivity index (χ4n) is 1.92. The van der Waals surface area contributed by atoms with Crippen molar-refractivity contribution >= 4 is 23.2 Å². The molecule has 0 aliphatic heterocycles. The van der Waals surface area contributed by atoms with Crippen molar-refractivity contribution in [1.29, 1.82) is 0 Å². The zero-order valence-corrected chi connectivity index (χ0v) is 13.4. The number of aromatic nitrogens is 1. The maximum absolute atomic E-state index is 13.9. The van der Waals surface area contributed by atoms with Crippen molar-refractivity contribution in [3.05, 3.63) is 47.9 Å². The van der Waals surface area contributed by atoms with E-state index in [9.17, 15) is 27.2 Å². The highest BCUT2D eigenvalue weighted by Gasteiger charge is 2.29. The Balaban J connectivity index is 2.21. The fraction of sp³-hybridized carbons (Fsp3) is 0.188. The summed E-state index contributed by atoms with van der Waals surface area (Å²) in [5.74, 6) is -2.66. The van der Waals surface area contributed by atoms with Crippen LogP contribution in [0, 0.1) is 5.82 Å². The van der Waals surface area contributed by atoms with E-state index in [2.05, 4.69) is 20.4 Å². The molecule has 2 aromatic rings. The number of amides is 2. The predicted molar refractivity (Wildman–Crippen MR) is 84.4 cm³/mol. The predicted octanol–water partition coefficient (Wildman–Crippen LogP) is 3.37. The molecule has 2 rings (SSSR count). The normalized spacial score (nSPS) is 11.0. The van der Waals surface area contributed by atoms with Crippen LogP contribution in [0.5, 0.6) is 5.88 Å². The molecule has 1 aromatic heterocycles. The van der Waals surface area contributed by atoms with E-state index in [1.807, 2.05) is 0 Å². The maximum Gasteiger partial charge on any atom is 0.422 e. The number of carbonyl (C=O) groups is 2. The number of alkyl halides is 3.